The molecule has 0 fully saturated rings. The number of carbonyl (C=O) groups is 2. The zero-order valence-corrected chi connectivity index (χ0v) is 26.8. The molecule has 5 rings (SSSR count). The number of rotatable bonds is 7. The minimum absolute atomic E-state index is 0.0816. The van der Waals surface area contributed by atoms with E-state index >= 15 is 0 Å². The van der Waals surface area contributed by atoms with Gasteiger partial charge in [-0.15, -0.1) is 12.6 Å². The standard InChI is InChI=1S/C32H29Cl2N5O4S/c1-18-15-25-28(17-38(18)29(41)20-5-14-26(33)27(34)16-20)36-31(37-32(3,44)21-6-12-24(43-4)13-7-21)39(30(25)42)23-10-8-22(9-11-23)35-19(2)40/h5-14,16H,15,17H2,1-4H3,(H2-,35,36,37,40,44)/p+1/t32-/m0/s1. The molecule has 3 aromatic carbocycles. The number of amides is 2. The Morgan fingerprint density at radius 1 is 1.05 bits per heavy atom. The van der Waals surface area contributed by atoms with E-state index in [9.17, 15) is 14.4 Å². The van der Waals surface area contributed by atoms with Crippen molar-refractivity contribution < 1.29 is 18.9 Å². The van der Waals surface area contributed by atoms with Crippen molar-refractivity contribution >= 4 is 65.0 Å². The van der Waals surface area contributed by atoms with Crippen LogP contribution in [-0.4, -0.2) is 38.8 Å². The number of fused-ring (bicyclic) bond motifs is 1. The van der Waals surface area contributed by atoms with Gasteiger partial charge in [0, 0.05) is 19.5 Å². The highest BCUT2D eigenvalue weighted by Crippen LogP contribution is 2.32. The second-order valence-corrected chi connectivity index (χ2v) is 12.3. The summed E-state index contributed by atoms with van der Waals surface area (Å²) in [5, 5.41) is 6.70. The van der Waals surface area contributed by atoms with E-state index in [-0.39, 0.29) is 41.3 Å². The Morgan fingerprint density at radius 2 is 1.73 bits per heavy atom. The van der Waals surface area contributed by atoms with Crippen LogP contribution in [0.2, 0.25) is 10.0 Å². The second-order valence-electron chi connectivity index (χ2n) is 10.6. The molecule has 44 heavy (non-hydrogen) atoms. The number of methoxy groups -OCH3 is 1. The van der Waals surface area contributed by atoms with Gasteiger partial charge in [-0.2, -0.15) is 4.58 Å². The fourth-order valence-corrected chi connectivity index (χ4v) is 5.55. The largest absolute Gasteiger partial charge is 0.497 e. The zero-order valence-electron chi connectivity index (χ0n) is 24.4. The van der Waals surface area contributed by atoms with Gasteiger partial charge in [-0.25, -0.2) is 14.3 Å². The fraction of sp³-hybridized carbons (Fsp3) is 0.219. The quantitative estimate of drug-likeness (QED) is 0.127. The fourth-order valence-electron chi connectivity index (χ4n) is 5.00. The normalized spacial score (nSPS) is 14.0. The Hall–Kier alpha value is -4.12. The molecule has 12 heteroatoms. The molecule has 2 amide bonds. The minimum Gasteiger partial charge on any atom is -0.497 e. The number of nitrogens with zero attached hydrogens (tertiary/aromatic N) is 3. The number of hydrogen-bond acceptors (Lipinski definition) is 7. The summed E-state index contributed by atoms with van der Waals surface area (Å²) in [6, 6.07) is 19.0. The SMILES string of the molecule is COc1ccc([C@](C)(S)Nc2nc3c(c(=O)n2-c2ccc(NC(C)=O)cc2)CC(C)=[N+](C(=O)c2ccc(Cl)c(Cl)c2)C3)cc1. The van der Waals surface area contributed by atoms with Crippen LogP contribution in [0, 0.1) is 0 Å². The third kappa shape index (κ3) is 6.38. The van der Waals surface area contributed by atoms with Gasteiger partial charge in [0.2, 0.25) is 11.9 Å². The van der Waals surface area contributed by atoms with Crippen LogP contribution in [0.5, 0.6) is 5.75 Å². The molecule has 0 radical (unpaired) electrons. The molecular weight excluding hydrogens is 621 g/mol. The van der Waals surface area contributed by atoms with Gasteiger partial charge in [0.05, 0.1) is 40.4 Å². The molecule has 1 aliphatic rings. The maximum absolute atomic E-state index is 14.2. The van der Waals surface area contributed by atoms with Gasteiger partial charge in [-0.1, -0.05) is 35.3 Å². The lowest BCUT2D eigenvalue weighted by Crippen LogP contribution is -2.39. The van der Waals surface area contributed by atoms with Gasteiger partial charge in [-0.3, -0.25) is 9.59 Å². The smallest absolute Gasteiger partial charge is 0.419 e. The first-order valence-corrected chi connectivity index (χ1v) is 14.9. The average molecular weight is 652 g/mol. The van der Waals surface area contributed by atoms with Gasteiger partial charge < -0.3 is 15.4 Å². The minimum atomic E-state index is -0.968. The third-order valence-corrected chi connectivity index (χ3v) is 8.44. The monoisotopic (exact) mass is 650 g/mol. The third-order valence-electron chi connectivity index (χ3n) is 7.33. The van der Waals surface area contributed by atoms with Crippen LogP contribution in [0.1, 0.15) is 48.0 Å². The molecule has 1 atom stereocenters. The van der Waals surface area contributed by atoms with Crippen LogP contribution in [0.15, 0.2) is 71.5 Å². The predicted molar refractivity (Wildman–Crippen MR) is 176 cm³/mol. The van der Waals surface area contributed by atoms with Crippen LogP contribution < -0.4 is 20.9 Å². The van der Waals surface area contributed by atoms with E-state index in [0.717, 1.165) is 5.56 Å². The van der Waals surface area contributed by atoms with Gasteiger partial charge in [0.25, 0.3) is 5.56 Å². The van der Waals surface area contributed by atoms with E-state index in [1.807, 2.05) is 38.1 Å². The van der Waals surface area contributed by atoms with Gasteiger partial charge in [-0.05, 0) is 67.1 Å². The molecule has 226 valence electrons. The summed E-state index contributed by atoms with van der Waals surface area (Å²) in [5.74, 6) is 0.442. The lowest BCUT2D eigenvalue weighted by molar-refractivity contribution is -0.450. The van der Waals surface area contributed by atoms with E-state index in [1.165, 1.54) is 17.6 Å². The van der Waals surface area contributed by atoms with Crippen molar-refractivity contribution in [1.29, 1.82) is 0 Å². The van der Waals surface area contributed by atoms with E-state index < -0.39 is 4.87 Å². The molecule has 1 aromatic heterocycles. The molecule has 1 aliphatic heterocycles. The van der Waals surface area contributed by atoms with Crippen molar-refractivity contribution in [3.63, 3.8) is 0 Å². The molecule has 4 aromatic rings. The molecule has 2 heterocycles. The highest BCUT2D eigenvalue weighted by Gasteiger charge is 2.34. The highest BCUT2D eigenvalue weighted by atomic mass is 35.5. The van der Waals surface area contributed by atoms with Crippen molar-refractivity contribution in [2.75, 3.05) is 17.7 Å². The van der Waals surface area contributed by atoms with Gasteiger partial charge in [0.1, 0.15) is 16.3 Å². The van der Waals surface area contributed by atoms with Gasteiger partial charge in [0.15, 0.2) is 12.3 Å². The molecule has 9 nitrogen and oxygen atoms in total. The molecule has 2 N–H and O–H groups in total. The number of hydrogen-bond donors (Lipinski definition) is 3. The first kappa shape index (κ1) is 31.3. The average Bonchev–Trinajstić information content (AvgIpc) is 2.99. The van der Waals surface area contributed by atoms with Crippen LogP contribution in [0.4, 0.5) is 11.6 Å². The van der Waals surface area contributed by atoms with Crippen molar-refractivity contribution in [2.24, 2.45) is 0 Å². The number of anilines is 2. The number of nitrogens with one attached hydrogen (secondary N) is 2. The van der Waals surface area contributed by atoms with Crippen molar-refractivity contribution in [3.8, 4) is 11.4 Å². The second kappa shape index (κ2) is 12.5. The van der Waals surface area contributed by atoms with Crippen LogP contribution in [0.3, 0.4) is 0 Å². The van der Waals surface area contributed by atoms with Crippen LogP contribution in [-0.2, 0) is 22.6 Å². The molecule has 0 aliphatic carbocycles. The number of carbonyl (C=O) groups excluding carboxylic acids is 2. The molecular formula is C32H30Cl2N5O4S+. The van der Waals surface area contributed by atoms with E-state index in [1.54, 1.807) is 48.1 Å². The molecule has 0 saturated carbocycles. The lowest BCUT2D eigenvalue weighted by atomic mass is 10.0. The maximum atomic E-state index is 14.2. The van der Waals surface area contributed by atoms with Crippen molar-refractivity contribution in [1.82, 2.24) is 9.55 Å². The summed E-state index contributed by atoms with van der Waals surface area (Å²) in [4.78, 5) is 43.2. The number of thiol groups is 1. The van der Waals surface area contributed by atoms with E-state index in [4.69, 9.17) is 45.6 Å². The summed E-state index contributed by atoms with van der Waals surface area (Å²) in [6.45, 7) is 5.17. The van der Waals surface area contributed by atoms with Gasteiger partial charge >= 0.3 is 5.91 Å². The maximum Gasteiger partial charge on any atom is 0.419 e. The Labute approximate surface area is 269 Å². The topological polar surface area (TPSA) is 105 Å². The summed E-state index contributed by atoms with van der Waals surface area (Å²) < 4.78 is 8.37. The molecule has 0 unspecified atom stereocenters. The Balaban J connectivity index is 1.60. The van der Waals surface area contributed by atoms with E-state index in [2.05, 4.69) is 10.6 Å². The van der Waals surface area contributed by atoms with E-state index in [0.29, 0.717) is 44.7 Å². The number of halogens is 2. The summed E-state index contributed by atoms with van der Waals surface area (Å²) in [7, 11) is 1.59. The first-order chi connectivity index (χ1) is 20.9. The molecule has 0 bridgehead atoms. The zero-order chi connectivity index (χ0) is 31.8. The number of ether oxygens (including phenoxy) is 1. The van der Waals surface area contributed by atoms with Crippen molar-refractivity contribution in [3.05, 3.63) is 110 Å². The summed E-state index contributed by atoms with van der Waals surface area (Å²) in [5.41, 5.74) is 3.64. The Bertz CT molecular complexity index is 1870. The first-order valence-electron chi connectivity index (χ1n) is 13.6. The summed E-state index contributed by atoms with van der Waals surface area (Å²) in [6.07, 6.45) is 0.217. The highest BCUT2D eigenvalue weighted by molar-refractivity contribution is 7.81. The van der Waals surface area contributed by atoms with Crippen LogP contribution in [0.25, 0.3) is 5.69 Å². The number of aromatic nitrogens is 2. The summed E-state index contributed by atoms with van der Waals surface area (Å²) >= 11 is 17.2. The number of benzene rings is 3. The predicted octanol–water partition coefficient (Wildman–Crippen LogP) is 6.09. The Morgan fingerprint density at radius 3 is 2.34 bits per heavy atom. The van der Waals surface area contributed by atoms with Crippen molar-refractivity contribution in [2.45, 2.75) is 38.6 Å². The molecule has 0 saturated heterocycles. The molecule has 0 spiro atoms. The Kier molecular flexibility index (Phi) is 8.88. The van der Waals surface area contributed by atoms with Crippen LogP contribution >= 0.6 is 35.8 Å². The lowest BCUT2D eigenvalue weighted by Gasteiger charge is -2.29.